The molecule has 6 heteroatoms. The number of urea groups is 1. The van der Waals surface area contributed by atoms with Crippen molar-refractivity contribution in [3.05, 3.63) is 29.8 Å². The van der Waals surface area contributed by atoms with Crippen molar-refractivity contribution in [3.63, 3.8) is 0 Å². The van der Waals surface area contributed by atoms with E-state index in [2.05, 4.69) is 16.0 Å². The molecule has 3 N–H and O–H groups in total. The van der Waals surface area contributed by atoms with Crippen LogP contribution in [0.2, 0.25) is 0 Å². The van der Waals surface area contributed by atoms with Crippen LogP contribution in [0.4, 0.5) is 10.5 Å². The first-order chi connectivity index (χ1) is 10.3. The molecule has 122 valence electrons. The van der Waals surface area contributed by atoms with Gasteiger partial charge in [0.2, 0.25) is 5.91 Å². The number of carbonyl (C=O) groups excluding carboxylic acids is 2. The molecule has 1 aromatic rings. The van der Waals surface area contributed by atoms with Gasteiger partial charge < -0.3 is 20.7 Å². The molecule has 0 aliphatic carbocycles. The Bertz CT molecular complexity index is 492. The third-order valence-electron chi connectivity index (χ3n) is 2.69. The maximum Gasteiger partial charge on any atom is 0.319 e. The van der Waals surface area contributed by atoms with E-state index in [-0.39, 0.29) is 17.5 Å². The summed E-state index contributed by atoms with van der Waals surface area (Å²) in [5.41, 5.74) is 1.28. The Morgan fingerprint density at radius 1 is 1.14 bits per heavy atom. The smallest absolute Gasteiger partial charge is 0.319 e. The van der Waals surface area contributed by atoms with Crippen LogP contribution >= 0.6 is 0 Å². The Balaban J connectivity index is 2.46. The molecular weight excluding hydrogens is 282 g/mol. The average molecular weight is 307 g/mol. The highest BCUT2D eigenvalue weighted by Gasteiger charge is 2.13. The lowest BCUT2D eigenvalue weighted by molar-refractivity contribution is -0.120. The number of amides is 3. The van der Waals surface area contributed by atoms with Gasteiger partial charge in [0, 0.05) is 24.9 Å². The number of hydrogen-bond donors (Lipinski definition) is 3. The van der Waals surface area contributed by atoms with E-state index in [9.17, 15) is 9.59 Å². The number of ether oxygens (including phenoxy) is 1. The Labute approximate surface area is 131 Å². The van der Waals surface area contributed by atoms with Crippen LogP contribution in [-0.4, -0.2) is 37.7 Å². The SMILES string of the molecule is COCCNC(=O)Cc1ccc(NC(=O)NC(C)(C)C)cc1. The maximum absolute atomic E-state index is 11.7. The van der Waals surface area contributed by atoms with Gasteiger partial charge in [-0.15, -0.1) is 0 Å². The molecule has 22 heavy (non-hydrogen) atoms. The van der Waals surface area contributed by atoms with Crippen molar-refractivity contribution in [1.82, 2.24) is 10.6 Å². The molecule has 1 aromatic carbocycles. The van der Waals surface area contributed by atoms with Crippen molar-refractivity contribution in [1.29, 1.82) is 0 Å². The van der Waals surface area contributed by atoms with E-state index >= 15 is 0 Å². The van der Waals surface area contributed by atoms with Gasteiger partial charge >= 0.3 is 6.03 Å². The third-order valence-corrected chi connectivity index (χ3v) is 2.69. The van der Waals surface area contributed by atoms with Gasteiger partial charge in [-0.2, -0.15) is 0 Å². The molecule has 0 atom stereocenters. The van der Waals surface area contributed by atoms with Gasteiger partial charge in [0.25, 0.3) is 0 Å². The Hall–Kier alpha value is -2.08. The minimum Gasteiger partial charge on any atom is -0.383 e. The van der Waals surface area contributed by atoms with Crippen LogP contribution in [-0.2, 0) is 16.0 Å². The molecule has 0 spiro atoms. The summed E-state index contributed by atoms with van der Waals surface area (Å²) in [7, 11) is 1.59. The predicted molar refractivity (Wildman–Crippen MR) is 86.9 cm³/mol. The highest BCUT2D eigenvalue weighted by Crippen LogP contribution is 2.10. The summed E-state index contributed by atoms with van der Waals surface area (Å²) in [5.74, 6) is -0.0526. The molecule has 6 nitrogen and oxygen atoms in total. The fraction of sp³-hybridized carbons (Fsp3) is 0.500. The highest BCUT2D eigenvalue weighted by atomic mass is 16.5. The van der Waals surface area contributed by atoms with E-state index in [1.54, 1.807) is 19.2 Å². The van der Waals surface area contributed by atoms with E-state index < -0.39 is 0 Å². The number of nitrogens with one attached hydrogen (secondary N) is 3. The number of carbonyl (C=O) groups is 2. The number of methoxy groups -OCH3 is 1. The number of rotatable bonds is 6. The first kappa shape index (κ1) is 18.0. The monoisotopic (exact) mass is 307 g/mol. The third kappa shape index (κ3) is 7.64. The zero-order chi connectivity index (χ0) is 16.6. The average Bonchev–Trinajstić information content (AvgIpc) is 2.39. The molecule has 0 aromatic heterocycles. The summed E-state index contributed by atoms with van der Waals surface area (Å²) < 4.78 is 4.87. The van der Waals surface area contributed by atoms with Crippen LogP contribution in [0.25, 0.3) is 0 Å². The van der Waals surface area contributed by atoms with Crippen molar-refractivity contribution in [2.24, 2.45) is 0 Å². The van der Waals surface area contributed by atoms with E-state index in [4.69, 9.17) is 4.74 Å². The van der Waals surface area contributed by atoms with E-state index in [1.165, 1.54) is 0 Å². The molecule has 0 saturated heterocycles. The number of hydrogen-bond acceptors (Lipinski definition) is 3. The van der Waals surface area contributed by atoms with Crippen LogP contribution < -0.4 is 16.0 Å². The molecule has 0 heterocycles. The lowest BCUT2D eigenvalue weighted by Crippen LogP contribution is -2.43. The van der Waals surface area contributed by atoms with Crippen molar-refractivity contribution >= 4 is 17.6 Å². The second-order valence-electron chi connectivity index (χ2n) is 6.05. The van der Waals surface area contributed by atoms with Gasteiger partial charge in [-0.25, -0.2) is 4.79 Å². The van der Waals surface area contributed by atoms with Gasteiger partial charge in [0.15, 0.2) is 0 Å². The van der Waals surface area contributed by atoms with Crippen molar-refractivity contribution < 1.29 is 14.3 Å². The van der Waals surface area contributed by atoms with Crippen molar-refractivity contribution in [2.75, 3.05) is 25.6 Å². The first-order valence-electron chi connectivity index (χ1n) is 7.24. The zero-order valence-corrected chi connectivity index (χ0v) is 13.7. The van der Waals surface area contributed by atoms with Gasteiger partial charge in [-0.1, -0.05) is 12.1 Å². The Morgan fingerprint density at radius 2 is 1.77 bits per heavy atom. The molecule has 0 aliphatic rings. The summed E-state index contributed by atoms with van der Waals surface area (Å²) in [5, 5.41) is 8.33. The molecule has 0 aliphatic heterocycles. The molecule has 0 fully saturated rings. The van der Waals surface area contributed by atoms with Crippen LogP contribution in [0.3, 0.4) is 0 Å². The van der Waals surface area contributed by atoms with Gasteiger partial charge in [-0.05, 0) is 38.5 Å². The molecular formula is C16H25N3O3. The van der Waals surface area contributed by atoms with Crippen LogP contribution in [0.1, 0.15) is 26.3 Å². The lowest BCUT2D eigenvalue weighted by Gasteiger charge is -2.20. The van der Waals surface area contributed by atoms with E-state index in [0.717, 1.165) is 5.56 Å². The zero-order valence-electron chi connectivity index (χ0n) is 13.7. The molecule has 0 bridgehead atoms. The topological polar surface area (TPSA) is 79.5 Å². The van der Waals surface area contributed by atoms with Gasteiger partial charge in [0.1, 0.15) is 0 Å². The lowest BCUT2D eigenvalue weighted by atomic mass is 10.1. The fourth-order valence-electron chi connectivity index (χ4n) is 1.75. The van der Waals surface area contributed by atoms with Crippen LogP contribution in [0.15, 0.2) is 24.3 Å². The quantitative estimate of drug-likeness (QED) is 0.702. The van der Waals surface area contributed by atoms with Crippen molar-refractivity contribution in [3.8, 4) is 0 Å². The summed E-state index contributed by atoms with van der Waals surface area (Å²) in [4.78, 5) is 23.4. The maximum atomic E-state index is 11.7. The van der Waals surface area contributed by atoms with Crippen LogP contribution in [0.5, 0.6) is 0 Å². The fourth-order valence-corrected chi connectivity index (χ4v) is 1.75. The molecule has 3 amide bonds. The van der Waals surface area contributed by atoms with Crippen LogP contribution in [0, 0.1) is 0 Å². The standard InChI is InChI=1S/C16H25N3O3/c1-16(2,3)19-15(21)18-13-7-5-12(6-8-13)11-14(20)17-9-10-22-4/h5-8H,9-11H2,1-4H3,(H,17,20)(H2,18,19,21). The van der Waals surface area contributed by atoms with E-state index in [0.29, 0.717) is 25.3 Å². The second-order valence-corrected chi connectivity index (χ2v) is 6.05. The molecule has 0 unspecified atom stereocenters. The van der Waals surface area contributed by atoms with Gasteiger partial charge in [0.05, 0.1) is 13.0 Å². The predicted octanol–water partition coefficient (Wildman–Crippen LogP) is 1.91. The summed E-state index contributed by atoms with van der Waals surface area (Å²) in [6.45, 7) is 6.74. The number of anilines is 1. The molecule has 1 rings (SSSR count). The summed E-state index contributed by atoms with van der Waals surface area (Å²) in [6, 6.07) is 6.95. The van der Waals surface area contributed by atoms with Gasteiger partial charge in [-0.3, -0.25) is 4.79 Å². The largest absolute Gasteiger partial charge is 0.383 e. The molecule has 0 radical (unpaired) electrons. The second kappa shape index (κ2) is 8.38. The normalized spacial score (nSPS) is 10.9. The minimum absolute atomic E-state index is 0.0526. The number of benzene rings is 1. The highest BCUT2D eigenvalue weighted by molar-refractivity contribution is 5.89. The Kier molecular flexibility index (Phi) is 6.85. The first-order valence-corrected chi connectivity index (χ1v) is 7.24. The summed E-state index contributed by atoms with van der Waals surface area (Å²) >= 11 is 0. The summed E-state index contributed by atoms with van der Waals surface area (Å²) in [6.07, 6.45) is 0.304. The Morgan fingerprint density at radius 3 is 2.32 bits per heavy atom. The van der Waals surface area contributed by atoms with E-state index in [1.807, 2.05) is 32.9 Å². The molecule has 0 saturated carbocycles. The minimum atomic E-state index is -0.287. The van der Waals surface area contributed by atoms with Crippen molar-refractivity contribution in [2.45, 2.75) is 32.7 Å².